The van der Waals surface area contributed by atoms with E-state index in [1.807, 2.05) is 20.8 Å². The summed E-state index contributed by atoms with van der Waals surface area (Å²) < 4.78 is 41.7. The van der Waals surface area contributed by atoms with E-state index in [1.54, 1.807) is 4.90 Å². The summed E-state index contributed by atoms with van der Waals surface area (Å²) in [5.41, 5.74) is -2.33. The Balaban J connectivity index is 1.29. The first kappa shape index (κ1) is 81.2. The number of nitrogens with one attached hydrogen (secondary N) is 3. The Kier molecular flexibility index (Phi) is 29.7. The van der Waals surface area contributed by atoms with E-state index >= 15 is 28.8 Å². The smallest absolute Gasteiger partial charge is 0.343 e. The standard InChI is InChI=1S/C73H112ClF3N12O12/c1-11-12-29-53-66(96)83(6)45-61(92)81(4)46-62(93)85(8)57(42-48-25-16-13-17-26-48)68(98)82(5)44-59(90)78-54(34-32-49-31-33-51(52(74)41-49)73(75,76)77)67(97)89-39-24-30-55(89)65(95)80-72(35-20-21-36-72)71(101)87(10)63(50-27-18-14-19-28-50)70(100)86(9)58(69(99)88-37-22-15-23-38-88)43-60(91)84(7)56(40-47(2)3)64(94)79-53/h31,33,41,47-48,50,53-58,63H,11-30,32,34-40,42-46H2,1-10H3,(H,78,90)(H,79,94)(H,80,95)/t53-,54-,55?,56-,57-,58-,63-/m0/s1. The molecule has 6 fully saturated rings. The van der Waals surface area contributed by atoms with E-state index in [2.05, 4.69) is 16.0 Å². The Morgan fingerprint density at radius 1 is 0.604 bits per heavy atom. The number of piperidine rings is 1. The van der Waals surface area contributed by atoms with Crippen LogP contribution in [0.4, 0.5) is 13.2 Å². The molecule has 24 nitrogen and oxygen atoms in total. The Bertz CT molecular complexity index is 3120. The zero-order valence-electron chi connectivity index (χ0n) is 61.3. The topological polar surface area (TPSA) is 270 Å². The van der Waals surface area contributed by atoms with Gasteiger partial charge in [-0.3, -0.25) is 57.5 Å². The van der Waals surface area contributed by atoms with Gasteiger partial charge < -0.3 is 60.0 Å². The van der Waals surface area contributed by atoms with E-state index in [9.17, 15) is 41.9 Å². The number of hydrogen-bond donors (Lipinski definition) is 3. The summed E-state index contributed by atoms with van der Waals surface area (Å²) in [6.07, 6.45) is 8.06. The first-order valence-electron chi connectivity index (χ1n) is 36.9. The predicted octanol–water partition coefficient (Wildman–Crippen LogP) is 6.57. The van der Waals surface area contributed by atoms with Crippen molar-refractivity contribution in [1.82, 2.24) is 60.0 Å². The van der Waals surface area contributed by atoms with E-state index in [4.69, 9.17) is 11.6 Å². The number of unbranched alkanes of at least 4 members (excludes halogenated alkanes) is 1. The highest BCUT2D eigenvalue weighted by Crippen LogP contribution is 2.39. The van der Waals surface area contributed by atoms with Gasteiger partial charge in [0.05, 0.1) is 36.6 Å². The molecule has 101 heavy (non-hydrogen) atoms. The molecule has 564 valence electrons. The molecule has 0 radical (unpaired) electrons. The maximum atomic E-state index is 15.8. The molecule has 6 aliphatic rings. The summed E-state index contributed by atoms with van der Waals surface area (Å²) in [4.78, 5) is 191. The molecule has 1 unspecified atom stereocenters. The van der Waals surface area contributed by atoms with E-state index in [1.165, 1.54) is 79.9 Å². The molecule has 3 aliphatic carbocycles. The molecule has 3 aliphatic heterocycles. The maximum absolute atomic E-state index is 15.8. The van der Waals surface area contributed by atoms with Crippen molar-refractivity contribution in [2.75, 3.05) is 88.6 Å². The minimum absolute atomic E-state index is 0.0219. The Hall–Kier alpha value is -7.06. The van der Waals surface area contributed by atoms with Crippen molar-refractivity contribution in [2.45, 2.75) is 248 Å². The van der Waals surface area contributed by atoms with Gasteiger partial charge in [0.1, 0.15) is 47.8 Å². The van der Waals surface area contributed by atoms with Gasteiger partial charge in [-0.25, -0.2) is 0 Å². The van der Waals surface area contributed by atoms with Gasteiger partial charge in [0.25, 0.3) is 0 Å². The molecule has 3 saturated carbocycles. The molecule has 3 heterocycles. The summed E-state index contributed by atoms with van der Waals surface area (Å²) in [6.45, 7) is 4.81. The molecule has 7 rings (SSSR count). The summed E-state index contributed by atoms with van der Waals surface area (Å²) in [7, 11) is 10.0. The third kappa shape index (κ3) is 21.1. The van der Waals surface area contributed by atoms with E-state index in [-0.39, 0.29) is 69.7 Å². The second-order valence-electron chi connectivity index (χ2n) is 30.0. The number of nitrogens with zero attached hydrogens (tertiary/aromatic N) is 9. The Morgan fingerprint density at radius 3 is 1.81 bits per heavy atom. The lowest BCUT2D eigenvalue weighted by Crippen LogP contribution is -2.65. The summed E-state index contributed by atoms with van der Waals surface area (Å²) >= 11 is 6.16. The number of hydrogen-bond acceptors (Lipinski definition) is 12. The first-order chi connectivity index (χ1) is 47.8. The van der Waals surface area contributed by atoms with Crippen LogP contribution in [-0.4, -0.2) is 251 Å². The molecule has 7 atom stereocenters. The van der Waals surface area contributed by atoms with Gasteiger partial charge in [0, 0.05) is 69.0 Å². The number of benzene rings is 1. The highest BCUT2D eigenvalue weighted by atomic mass is 35.5. The van der Waals surface area contributed by atoms with Crippen LogP contribution in [0, 0.1) is 17.8 Å². The predicted molar refractivity (Wildman–Crippen MR) is 374 cm³/mol. The lowest BCUT2D eigenvalue weighted by Gasteiger charge is -2.43. The number of aryl methyl sites for hydroxylation is 1. The molecule has 0 bridgehead atoms. The molecule has 1 aromatic carbocycles. The van der Waals surface area contributed by atoms with Gasteiger partial charge in [0.2, 0.25) is 70.9 Å². The van der Waals surface area contributed by atoms with Crippen LogP contribution in [-0.2, 0) is 70.1 Å². The van der Waals surface area contributed by atoms with E-state index in [0.717, 1.165) is 84.6 Å². The van der Waals surface area contributed by atoms with Gasteiger partial charge >= 0.3 is 6.18 Å². The average molecular weight is 1440 g/mol. The summed E-state index contributed by atoms with van der Waals surface area (Å²) in [5.74, 6) is -8.12. The van der Waals surface area contributed by atoms with Crippen LogP contribution in [0.1, 0.15) is 199 Å². The van der Waals surface area contributed by atoms with Gasteiger partial charge in [-0.05, 0) is 125 Å². The molecule has 1 aromatic rings. The maximum Gasteiger partial charge on any atom is 0.417 e. The number of amides is 12. The van der Waals surface area contributed by atoms with Crippen molar-refractivity contribution in [3.05, 3.63) is 34.3 Å². The van der Waals surface area contributed by atoms with Gasteiger partial charge in [0.15, 0.2) is 0 Å². The molecule has 1 spiro atoms. The lowest BCUT2D eigenvalue weighted by atomic mass is 9.81. The molecule has 28 heteroatoms. The number of fused-ring (bicyclic) bond motifs is 1. The number of likely N-dealkylation sites (tertiary alicyclic amines) is 1. The van der Waals surface area contributed by atoms with E-state index in [0.29, 0.717) is 76.4 Å². The number of likely N-dealkylation sites (N-methyl/N-ethyl adjacent to an activating group) is 7. The fourth-order valence-electron chi connectivity index (χ4n) is 15.9. The third-order valence-electron chi connectivity index (χ3n) is 22.0. The van der Waals surface area contributed by atoms with Crippen molar-refractivity contribution in [1.29, 1.82) is 0 Å². The van der Waals surface area contributed by atoms with E-state index < -0.39 is 167 Å². The quantitative estimate of drug-likeness (QED) is 0.201. The molecule has 3 N–H and O–H groups in total. The highest BCUT2D eigenvalue weighted by molar-refractivity contribution is 6.31. The van der Waals surface area contributed by atoms with Crippen LogP contribution in [0.2, 0.25) is 5.02 Å². The fraction of sp³-hybridized carbons (Fsp3) is 0.753. The van der Waals surface area contributed by atoms with Crippen LogP contribution >= 0.6 is 11.6 Å². The third-order valence-corrected chi connectivity index (χ3v) is 22.3. The van der Waals surface area contributed by atoms with Crippen LogP contribution < -0.4 is 16.0 Å². The minimum Gasteiger partial charge on any atom is -0.343 e. The normalized spacial score (nSPS) is 26.5. The SMILES string of the molecule is CCCC[C@@H]1NC(=O)[C@H](CC(C)C)N(C)C(=O)C[C@@H](C(=O)N2CCCCC2)N(C)C(=O)[C@H](C2CCCCC2)N(C)C(=O)C2(CCCC2)NC(=O)C2CCCN2C(=O)[C@H](CCc2ccc(C(F)(F)F)c(Cl)c2)NC(=O)CN(C)C(=O)[C@H](CC2CCCCC2)N(C)C(=O)CN(C)C(=O)CN(C)C1=O. The van der Waals surface area contributed by atoms with Gasteiger partial charge in [-0.2, -0.15) is 13.2 Å². The second kappa shape index (κ2) is 36.9. The lowest BCUT2D eigenvalue weighted by molar-refractivity contribution is -0.157. The second-order valence-corrected chi connectivity index (χ2v) is 30.4. The first-order valence-corrected chi connectivity index (χ1v) is 37.3. The zero-order chi connectivity index (χ0) is 74.2. The van der Waals surface area contributed by atoms with Crippen molar-refractivity contribution < 1.29 is 70.7 Å². The highest BCUT2D eigenvalue weighted by Gasteiger charge is 2.51. The van der Waals surface area contributed by atoms with Gasteiger partial charge in [-0.15, -0.1) is 0 Å². The van der Waals surface area contributed by atoms with Crippen molar-refractivity contribution in [3.63, 3.8) is 0 Å². The molecule has 0 aromatic heterocycles. The van der Waals surface area contributed by atoms with Crippen LogP contribution in [0.25, 0.3) is 0 Å². The van der Waals surface area contributed by atoms with Gasteiger partial charge in [-0.1, -0.05) is 115 Å². The largest absolute Gasteiger partial charge is 0.417 e. The van der Waals surface area contributed by atoms with Crippen molar-refractivity contribution in [2.24, 2.45) is 17.8 Å². The van der Waals surface area contributed by atoms with Crippen molar-refractivity contribution in [3.8, 4) is 0 Å². The molecular formula is C73H112ClF3N12O12. The monoisotopic (exact) mass is 1440 g/mol. The van der Waals surface area contributed by atoms with Crippen molar-refractivity contribution >= 4 is 82.5 Å². The summed E-state index contributed by atoms with van der Waals surface area (Å²) in [5, 5.41) is 8.19. The Morgan fingerprint density at radius 2 is 1.20 bits per heavy atom. The number of halogens is 4. The number of rotatable bonds is 12. The average Bonchev–Trinajstić information content (AvgIpc) is 1.60. The fourth-order valence-corrected chi connectivity index (χ4v) is 16.2. The minimum atomic E-state index is -4.76. The zero-order valence-corrected chi connectivity index (χ0v) is 62.0. The number of carbonyl (C=O) groups is 12. The van der Waals surface area contributed by atoms with Crippen LogP contribution in [0.15, 0.2) is 18.2 Å². The van der Waals surface area contributed by atoms with Crippen LogP contribution in [0.5, 0.6) is 0 Å². The number of carbonyl (C=O) groups excluding carboxylic acids is 12. The molecule has 3 saturated heterocycles. The Labute approximate surface area is 599 Å². The number of alkyl halides is 3. The van der Waals surface area contributed by atoms with Crippen LogP contribution in [0.3, 0.4) is 0 Å². The molecule has 12 amide bonds. The molecular weight excluding hydrogens is 1330 g/mol. The summed E-state index contributed by atoms with van der Waals surface area (Å²) in [6, 6.07) is -5.45.